The average molecular weight is 298 g/mol. The molecule has 1 amide bonds. The number of carbonyl (C=O) groups excluding carboxylic acids is 1. The second kappa shape index (κ2) is 9.03. The van der Waals surface area contributed by atoms with Crippen LogP contribution in [0.4, 0.5) is 0 Å². The average Bonchev–Trinajstić information content (AvgIpc) is 2.38. The van der Waals surface area contributed by atoms with E-state index in [0.717, 1.165) is 32.2 Å². The molecular formula is C16H30N2O3. The Balaban J connectivity index is 2.24. The molecule has 0 saturated carbocycles. The van der Waals surface area contributed by atoms with Gasteiger partial charge in [0.05, 0.1) is 12.5 Å². The molecule has 0 spiro atoms. The summed E-state index contributed by atoms with van der Waals surface area (Å²) in [6.45, 7) is 8.08. The van der Waals surface area contributed by atoms with Crippen LogP contribution in [0.1, 0.15) is 52.9 Å². The quantitative estimate of drug-likeness (QED) is 0.720. The summed E-state index contributed by atoms with van der Waals surface area (Å²) in [5, 5.41) is 12.1. The zero-order valence-corrected chi connectivity index (χ0v) is 13.6. The van der Waals surface area contributed by atoms with Crippen molar-refractivity contribution in [2.24, 2.45) is 11.8 Å². The van der Waals surface area contributed by atoms with Crippen molar-refractivity contribution < 1.29 is 14.7 Å². The van der Waals surface area contributed by atoms with Gasteiger partial charge in [-0.2, -0.15) is 0 Å². The number of aliphatic carboxylic acids is 1. The number of piperidine rings is 1. The smallest absolute Gasteiger partial charge is 0.307 e. The van der Waals surface area contributed by atoms with Crippen LogP contribution >= 0.6 is 0 Å². The minimum absolute atomic E-state index is 0.0121. The number of nitrogens with zero attached hydrogens (tertiary/aromatic N) is 1. The molecule has 5 heteroatoms. The third-order valence-electron chi connectivity index (χ3n) is 4.05. The highest BCUT2D eigenvalue weighted by atomic mass is 16.4. The summed E-state index contributed by atoms with van der Waals surface area (Å²) in [5.74, 6) is -0.357. The standard InChI is InChI=1S/C16H30N2O3/c1-12(2)6-4-7-13(3)17-15(19)11-18-9-5-8-14(10-18)16(20)21/h12-14H,4-11H2,1-3H3,(H,17,19)(H,20,21). The van der Waals surface area contributed by atoms with Crippen molar-refractivity contribution in [3.8, 4) is 0 Å². The van der Waals surface area contributed by atoms with E-state index in [2.05, 4.69) is 19.2 Å². The summed E-state index contributed by atoms with van der Waals surface area (Å²) in [7, 11) is 0. The summed E-state index contributed by atoms with van der Waals surface area (Å²) < 4.78 is 0. The summed E-state index contributed by atoms with van der Waals surface area (Å²) >= 11 is 0. The molecule has 0 aliphatic carbocycles. The second-order valence-electron chi connectivity index (χ2n) is 6.71. The Hall–Kier alpha value is -1.10. The Morgan fingerprint density at radius 2 is 2.00 bits per heavy atom. The largest absolute Gasteiger partial charge is 0.481 e. The van der Waals surface area contributed by atoms with Crippen LogP contribution in [-0.4, -0.2) is 47.6 Å². The van der Waals surface area contributed by atoms with Gasteiger partial charge in [-0.05, 0) is 38.6 Å². The van der Waals surface area contributed by atoms with Crippen LogP contribution in [0.15, 0.2) is 0 Å². The molecule has 1 rings (SSSR count). The predicted octanol–water partition coefficient (Wildman–Crippen LogP) is 2.11. The highest BCUT2D eigenvalue weighted by molar-refractivity contribution is 5.78. The van der Waals surface area contributed by atoms with E-state index in [0.29, 0.717) is 19.0 Å². The van der Waals surface area contributed by atoms with Gasteiger partial charge in [0.25, 0.3) is 0 Å². The first-order chi connectivity index (χ1) is 9.88. The van der Waals surface area contributed by atoms with Gasteiger partial charge in [0.15, 0.2) is 0 Å². The van der Waals surface area contributed by atoms with Crippen LogP contribution in [0, 0.1) is 11.8 Å². The molecule has 122 valence electrons. The third kappa shape index (κ3) is 7.46. The van der Waals surface area contributed by atoms with Crippen molar-refractivity contribution in [1.29, 1.82) is 0 Å². The van der Waals surface area contributed by atoms with Crippen LogP contribution in [0.25, 0.3) is 0 Å². The molecule has 0 aromatic carbocycles. The van der Waals surface area contributed by atoms with E-state index < -0.39 is 5.97 Å². The number of carboxylic acid groups (broad SMARTS) is 1. The molecule has 1 fully saturated rings. The maximum atomic E-state index is 12.0. The molecule has 2 unspecified atom stereocenters. The minimum Gasteiger partial charge on any atom is -0.481 e. The first-order valence-electron chi connectivity index (χ1n) is 8.13. The fraction of sp³-hybridized carbons (Fsp3) is 0.875. The SMILES string of the molecule is CC(C)CCCC(C)NC(=O)CN1CCCC(C(=O)O)C1. The van der Waals surface area contributed by atoms with Crippen LogP contribution < -0.4 is 5.32 Å². The Morgan fingerprint density at radius 1 is 1.29 bits per heavy atom. The maximum Gasteiger partial charge on any atom is 0.307 e. The molecule has 2 atom stereocenters. The van der Waals surface area contributed by atoms with Gasteiger partial charge in [0, 0.05) is 12.6 Å². The molecule has 0 radical (unpaired) electrons. The van der Waals surface area contributed by atoms with Gasteiger partial charge in [-0.15, -0.1) is 0 Å². The highest BCUT2D eigenvalue weighted by Crippen LogP contribution is 2.16. The Kier molecular flexibility index (Phi) is 7.72. The predicted molar refractivity (Wildman–Crippen MR) is 83.1 cm³/mol. The van der Waals surface area contributed by atoms with Gasteiger partial charge in [-0.25, -0.2) is 0 Å². The van der Waals surface area contributed by atoms with Crippen molar-refractivity contribution in [3.63, 3.8) is 0 Å². The molecule has 1 saturated heterocycles. The number of nitrogens with one attached hydrogen (secondary N) is 1. The van der Waals surface area contributed by atoms with E-state index in [-0.39, 0.29) is 17.9 Å². The topological polar surface area (TPSA) is 69.6 Å². The number of likely N-dealkylation sites (tertiary alicyclic amines) is 1. The molecule has 0 bridgehead atoms. The van der Waals surface area contributed by atoms with Crippen LogP contribution in [0.3, 0.4) is 0 Å². The fourth-order valence-electron chi connectivity index (χ4n) is 2.83. The Labute approximate surface area is 128 Å². The van der Waals surface area contributed by atoms with Crippen molar-refractivity contribution in [1.82, 2.24) is 10.2 Å². The molecule has 0 aromatic heterocycles. The summed E-state index contributed by atoms with van der Waals surface area (Å²) in [6, 6.07) is 0.191. The number of carboxylic acids is 1. The van der Waals surface area contributed by atoms with Gasteiger partial charge in [-0.1, -0.05) is 26.7 Å². The summed E-state index contributed by atoms with van der Waals surface area (Å²) in [6.07, 6.45) is 4.89. The third-order valence-corrected chi connectivity index (χ3v) is 4.05. The normalized spacial score (nSPS) is 21.2. The summed E-state index contributed by atoms with van der Waals surface area (Å²) in [4.78, 5) is 25.0. The molecule has 5 nitrogen and oxygen atoms in total. The number of hydrogen-bond acceptors (Lipinski definition) is 3. The molecule has 1 aliphatic heterocycles. The van der Waals surface area contributed by atoms with Crippen LogP contribution in [0.5, 0.6) is 0 Å². The van der Waals surface area contributed by atoms with Crippen molar-refractivity contribution in [2.75, 3.05) is 19.6 Å². The zero-order chi connectivity index (χ0) is 15.8. The van der Waals surface area contributed by atoms with Gasteiger partial charge >= 0.3 is 5.97 Å². The van der Waals surface area contributed by atoms with Gasteiger partial charge in [0.2, 0.25) is 5.91 Å². The van der Waals surface area contributed by atoms with E-state index in [1.54, 1.807) is 0 Å². The lowest BCUT2D eigenvalue weighted by molar-refractivity contribution is -0.144. The van der Waals surface area contributed by atoms with E-state index in [9.17, 15) is 9.59 Å². The van der Waals surface area contributed by atoms with Gasteiger partial charge in [-0.3, -0.25) is 14.5 Å². The molecule has 1 aliphatic rings. The van der Waals surface area contributed by atoms with E-state index in [1.807, 2.05) is 11.8 Å². The summed E-state index contributed by atoms with van der Waals surface area (Å²) in [5.41, 5.74) is 0. The maximum absolute atomic E-state index is 12.0. The Bertz CT molecular complexity index is 344. The fourth-order valence-corrected chi connectivity index (χ4v) is 2.83. The molecule has 0 aromatic rings. The lowest BCUT2D eigenvalue weighted by atomic mass is 9.98. The van der Waals surface area contributed by atoms with E-state index in [4.69, 9.17) is 5.11 Å². The molecule has 2 N–H and O–H groups in total. The van der Waals surface area contributed by atoms with E-state index >= 15 is 0 Å². The first kappa shape index (κ1) is 18.0. The van der Waals surface area contributed by atoms with Crippen LogP contribution in [0.2, 0.25) is 0 Å². The van der Waals surface area contributed by atoms with Gasteiger partial charge < -0.3 is 10.4 Å². The first-order valence-corrected chi connectivity index (χ1v) is 8.13. The molecule has 1 heterocycles. The molecule has 21 heavy (non-hydrogen) atoms. The van der Waals surface area contributed by atoms with Crippen molar-refractivity contribution in [3.05, 3.63) is 0 Å². The highest BCUT2D eigenvalue weighted by Gasteiger charge is 2.26. The second-order valence-corrected chi connectivity index (χ2v) is 6.71. The van der Waals surface area contributed by atoms with Crippen molar-refractivity contribution in [2.45, 2.75) is 58.9 Å². The van der Waals surface area contributed by atoms with E-state index in [1.165, 1.54) is 6.42 Å². The lowest BCUT2D eigenvalue weighted by Crippen LogP contribution is -2.45. The zero-order valence-electron chi connectivity index (χ0n) is 13.6. The molecular weight excluding hydrogens is 268 g/mol. The minimum atomic E-state index is -0.748. The lowest BCUT2D eigenvalue weighted by Gasteiger charge is -2.30. The monoisotopic (exact) mass is 298 g/mol. The van der Waals surface area contributed by atoms with Gasteiger partial charge in [0.1, 0.15) is 0 Å². The number of carbonyl (C=O) groups is 2. The van der Waals surface area contributed by atoms with Crippen LogP contribution in [-0.2, 0) is 9.59 Å². The Morgan fingerprint density at radius 3 is 2.62 bits per heavy atom. The number of rotatable bonds is 8. The number of amides is 1. The number of hydrogen-bond donors (Lipinski definition) is 2. The van der Waals surface area contributed by atoms with Crippen molar-refractivity contribution >= 4 is 11.9 Å².